The van der Waals surface area contributed by atoms with Gasteiger partial charge in [0.25, 0.3) is 0 Å². The molecule has 1 aromatic rings. The highest BCUT2D eigenvalue weighted by molar-refractivity contribution is 5.51. The van der Waals surface area contributed by atoms with Gasteiger partial charge in [-0.3, -0.25) is 4.90 Å². The van der Waals surface area contributed by atoms with Crippen LogP contribution in [0.1, 0.15) is 26.2 Å². The molecule has 21 heavy (non-hydrogen) atoms. The predicted octanol–water partition coefficient (Wildman–Crippen LogP) is 2.45. The Kier molecular flexibility index (Phi) is 6.33. The summed E-state index contributed by atoms with van der Waals surface area (Å²) in [5, 5.41) is 0. The number of hydrogen-bond acceptors (Lipinski definition) is 4. The van der Waals surface area contributed by atoms with Gasteiger partial charge in [-0.15, -0.1) is 0 Å². The average molecular weight is 291 g/mol. The van der Waals surface area contributed by atoms with Crippen molar-refractivity contribution in [2.75, 3.05) is 45.6 Å². The van der Waals surface area contributed by atoms with Crippen LogP contribution >= 0.6 is 0 Å². The van der Waals surface area contributed by atoms with Gasteiger partial charge in [0.2, 0.25) is 0 Å². The molecule has 1 heterocycles. The lowest BCUT2D eigenvalue weighted by Gasteiger charge is -2.27. The van der Waals surface area contributed by atoms with Crippen molar-refractivity contribution in [1.29, 1.82) is 0 Å². The quantitative estimate of drug-likeness (QED) is 0.590. The number of nitrogen functional groups attached to an aromatic ring is 1. The molecule has 0 aromatic heterocycles. The zero-order valence-electron chi connectivity index (χ0n) is 13.4. The number of ether oxygens (including phenoxy) is 1. The van der Waals surface area contributed by atoms with Gasteiger partial charge in [0.15, 0.2) is 0 Å². The van der Waals surface area contributed by atoms with Crippen LogP contribution in [0.2, 0.25) is 0 Å². The van der Waals surface area contributed by atoms with E-state index >= 15 is 0 Å². The van der Waals surface area contributed by atoms with Gasteiger partial charge in [0, 0.05) is 19.1 Å². The number of likely N-dealkylation sites (tertiary alicyclic amines) is 1. The molecule has 1 fully saturated rings. The SMILES string of the molecule is CCN1CCCC1CN(C)CCCOc1ccccc1N. The van der Waals surface area contributed by atoms with Crippen LogP contribution in [0.25, 0.3) is 0 Å². The molecule has 1 aliphatic rings. The Morgan fingerprint density at radius 2 is 2.19 bits per heavy atom. The Labute approximate surface area is 128 Å². The van der Waals surface area contributed by atoms with Crippen molar-refractivity contribution in [2.24, 2.45) is 0 Å². The second-order valence-corrected chi connectivity index (χ2v) is 5.93. The number of nitrogens with zero attached hydrogens (tertiary/aromatic N) is 2. The van der Waals surface area contributed by atoms with Crippen LogP contribution in [-0.4, -0.2) is 55.7 Å². The Morgan fingerprint density at radius 1 is 1.38 bits per heavy atom. The molecule has 0 spiro atoms. The van der Waals surface area contributed by atoms with Gasteiger partial charge in [-0.05, 0) is 51.5 Å². The largest absolute Gasteiger partial charge is 0.491 e. The standard InChI is InChI=1S/C17H29N3O/c1-3-20-12-6-8-15(20)14-19(2)11-7-13-21-17-10-5-4-9-16(17)18/h4-5,9-10,15H,3,6-8,11-14,18H2,1-2H3. The van der Waals surface area contributed by atoms with Gasteiger partial charge < -0.3 is 15.4 Å². The van der Waals surface area contributed by atoms with Crippen LogP contribution < -0.4 is 10.5 Å². The summed E-state index contributed by atoms with van der Waals surface area (Å²) in [6, 6.07) is 8.43. The summed E-state index contributed by atoms with van der Waals surface area (Å²) < 4.78 is 5.74. The van der Waals surface area contributed by atoms with E-state index in [1.165, 1.54) is 32.5 Å². The summed E-state index contributed by atoms with van der Waals surface area (Å²) in [4.78, 5) is 5.02. The molecule has 0 radical (unpaired) electrons. The minimum Gasteiger partial charge on any atom is -0.491 e. The first kappa shape index (κ1) is 16.1. The van der Waals surface area contributed by atoms with E-state index in [4.69, 9.17) is 10.5 Å². The molecule has 1 aliphatic heterocycles. The molecule has 0 amide bonds. The van der Waals surface area contributed by atoms with E-state index in [2.05, 4.69) is 23.8 Å². The van der Waals surface area contributed by atoms with Crippen LogP contribution in [0.5, 0.6) is 5.75 Å². The molecular formula is C17H29N3O. The van der Waals surface area contributed by atoms with E-state index in [1.54, 1.807) is 0 Å². The highest BCUT2D eigenvalue weighted by atomic mass is 16.5. The first-order valence-corrected chi connectivity index (χ1v) is 8.10. The van der Waals surface area contributed by atoms with E-state index in [9.17, 15) is 0 Å². The molecule has 0 saturated carbocycles. The highest BCUT2D eigenvalue weighted by Crippen LogP contribution is 2.20. The van der Waals surface area contributed by atoms with Gasteiger partial charge in [0.1, 0.15) is 5.75 Å². The number of nitrogens with two attached hydrogens (primary N) is 1. The molecular weight excluding hydrogens is 262 g/mol. The number of benzene rings is 1. The Hall–Kier alpha value is -1.26. The molecule has 1 unspecified atom stereocenters. The minimum atomic E-state index is 0.718. The second-order valence-electron chi connectivity index (χ2n) is 5.93. The van der Waals surface area contributed by atoms with E-state index < -0.39 is 0 Å². The second kappa shape index (κ2) is 8.25. The smallest absolute Gasteiger partial charge is 0.142 e. The van der Waals surface area contributed by atoms with Crippen molar-refractivity contribution < 1.29 is 4.74 Å². The third-order valence-electron chi connectivity index (χ3n) is 4.29. The van der Waals surface area contributed by atoms with Crippen molar-refractivity contribution in [2.45, 2.75) is 32.2 Å². The lowest BCUT2D eigenvalue weighted by atomic mass is 10.2. The third-order valence-corrected chi connectivity index (χ3v) is 4.29. The normalized spacial score (nSPS) is 19.3. The fourth-order valence-electron chi connectivity index (χ4n) is 3.10. The van der Waals surface area contributed by atoms with Crippen molar-refractivity contribution >= 4 is 5.69 Å². The van der Waals surface area contributed by atoms with Crippen LogP contribution in [-0.2, 0) is 0 Å². The van der Waals surface area contributed by atoms with E-state index in [0.717, 1.165) is 37.1 Å². The van der Waals surface area contributed by atoms with Gasteiger partial charge >= 0.3 is 0 Å². The van der Waals surface area contributed by atoms with Crippen molar-refractivity contribution in [3.63, 3.8) is 0 Å². The lowest BCUT2D eigenvalue weighted by Crippen LogP contribution is -2.39. The molecule has 1 atom stereocenters. The monoisotopic (exact) mass is 291 g/mol. The molecule has 0 aliphatic carbocycles. The molecule has 0 bridgehead atoms. The fourth-order valence-corrected chi connectivity index (χ4v) is 3.10. The van der Waals surface area contributed by atoms with E-state index in [-0.39, 0.29) is 0 Å². The lowest BCUT2D eigenvalue weighted by molar-refractivity contribution is 0.189. The maximum Gasteiger partial charge on any atom is 0.142 e. The zero-order valence-corrected chi connectivity index (χ0v) is 13.4. The number of hydrogen-bond donors (Lipinski definition) is 1. The molecule has 2 rings (SSSR count). The van der Waals surface area contributed by atoms with Crippen LogP contribution in [0, 0.1) is 0 Å². The van der Waals surface area contributed by atoms with Crippen molar-refractivity contribution in [1.82, 2.24) is 9.80 Å². The summed E-state index contributed by atoms with van der Waals surface area (Å²) in [5.74, 6) is 0.799. The fraction of sp³-hybridized carbons (Fsp3) is 0.647. The number of para-hydroxylation sites is 2. The predicted molar refractivity (Wildman–Crippen MR) is 88.7 cm³/mol. The molecule has 4 heteroatoms. The topological polar surface area (TPSA) is 41.7 Å². The van der Waals surface area contributed by atoms with E-state index in [0.29, 0.717) is 0 Å². The van der Waals surface area contributed by atoms with Crippen molar-refractivity contribution in [3.05, 3.63) is 24.3 Å². The first-order valence-electron chi connectivity index (χ1n) is 8.10. The Bertz CT molecular complexity index is 424. The molecule has 118 valence electrons. The van der Waals surface area contributed by atoms with Gasteiger partial charge in [-0.2, -0.15) is 0 Å². The maximum absolute atomic E-state index is 5.86. The molecule has 2 N–H and O–H groups in total. The number of anilines is 1. The Balaban J connectivity index is 1.63. The molecule has 4 nitrogen and oxygen atoms in total. The number of rotatable bonds is 8. The van der Waals surface area contributed by atoms with Crippen LogP contribution in [0.3, 0.4) is 0 Å². The molecule has 1 aromatic carbocycles. The summed E-state index contributed by atoms with van der Waals surface area (Å²) in [6.07, 6.45) is 3.72. The van der Waals surface area contributed by atoms with Crippen molar-refractivity contribution in [3.8, 4) is 5.75 Å². The maximum atomic E-state index is 5.86. The minimum absolute atomic E-state index is 0.718. The third kappa shape index (κ3) is 4.90. The van der Waals surface area contributed by atoms with Crippen LogP contribution in [0.15, 0.2) is 24.3 Å². The van der Waals surface area contributed by atoms with E-state index in [1.807, 2.05) is 24.3 Å². The van der Waals surface area contributed by atoms with Gasteiger partial charge in [-0.1, -0.05) is 19.1 Å². The van der Waals surface area contributed by atoms with Crippen LogP contribution in [0.4, 0.5) is 5.69 Å². The number of likely N-dealkylation sites (N-methyl/N-ethyl adjacent to an activating group) is 2. The summed E-state index contributed by atoms with van der Waals surface area (Å²) in [5.41, 5.74) is 6.58. The molecule has 1 saturated heterocycles. The summed E-state index contributed by atoms with van der Waals surface area (Å²) in [7, 11) is 2.21. The average Bonchev–Trinajstić information content (AvgIpc) is 2.92. The Morgan fingerprint density at radius 3 is 2.95 bits per heavy atom. The summed E-state index contributed by atoms with van der Waals surface area (Å²) in [6.45, 7) is 7.67. The summed E-state index contributed by atoms with van der Waals surface area (Å²) >= 11 is 0. The zero-order chi connectivity index (χ0) is 15.1. The van der Waals surface area contributed by atoms with Gasteiger partial charge in [0.05, 0.1) is 12.3 Å². The highest BCUT2D eigenvalue weighted by Gasteiger charge is 2.23. The first-order chi connectivity index (χ1) is 10.2. The van der Waals surface area contributed by atoms with Gasteiger partial charge in [-0.25, -0.2) is 0 Å².